The van der Waals surface area contributed by atoms with Crippen LogP contribution in [0.4, 0.5) is 5.95 Å². The van der Waals surface area contributed by atoms with Crippen LogP contribution >= 0.6 is 0 Å². The zero-order valence-corrected chi connectivity index (χ0v) is 23.5. The van der Waals surface area contributed by atoms with E-state index in [9.17, 15) is 4.79 Å². The summed E-state index contributed by atoms with van der Waals surface area (Å²) in [7, 11) is 0. The molecule has 0 radical (unpaired) electrons. The van der Waals surface area contributed by atoms with Crippen molar-refractivity contribution in [2.75, 3.05) is 18.4 Å². The number of benzene rings is 2. The molecule has 1 aliphatic heterocycles. The Hall–Kier alpha value is -3.84. The van der Waals surface area contributed by atoms with Crippen molar-refractivity contribution in [2.24, 2.45) is 17.8 Å². The number of piperidine rings is 1. The van der Waals surface area contributed by atoms with E-state index >= 15 is 0 Å². The number of nitrogens with zero attached hydrogens (tertiary/aromatic N) is 3. The summed E-state index contributed by atoms with van der Waals surface area (Å²) in [4.78, 5) is 26.9. The first-order valence-electron chi connectivity index (χ1n) is 14.5. The summed E-state index contributed by atoms with van der Waals surface area (Å²) in [5.74, 6) is 3.48. The third kappa shape index (κ3) is 5.56. The van der Waals surface area contributed by atoms with Gasteiger partial charge in [-0.05, 0) is 79.3 Å². The van der Waals surface area contributed by atoms with Crippen molar-refractivity contribution in [3.8, 4) is 22.9 Å². The Bertz CT molecular complexity index is 1530. The highest BCUT2D eigenvalue weighted by atomic mass is 16.5. The van der Waals surface area contributed by atoms with E-state index in [1.807, 2.05) is 31.2 Å². The van der Waals surface area contributed by atoms with Crippen LogP contribution in [0.25, 0.3) is 22.0 Å². The van der Waals surface area contributed by atoms with E-state index in [0.29, 0.717) is 41.9 Å². The van der Waals surface area contributed by atoms with Crippen LogP contribution in [-0.4, -0.2) is 39.9 Å². The molecule has 40 heavy (non-hydrogen) atoms. The minimum atomic E-state index is 0.203. The maximum Gasteiger partial charge on any atom is 0.228 e. The number of nitrogens with one attached hydrogen (secondary N) is 2. The molecule has 2 aromatic carbocycles. The number of ketones is 1. The van der Waals surface area contributed by atoms with Crippen LogP contribution in [0, 0.1) is 24.7 Å². The highest BCUT2D eigenvalue weighted by Gasteiger charge is 2.43. The van der Waals surface area contributed by atoms with Gasteiger partial charge in [0.1, 0.15) is 11.5 Å². The molecule has 0 spiro atoms. The standard InChI is InChI=1S/C33H37N5O2/c1-20(2)27-18-28(27)30(39)17-22-7-4-9-25-24(22)12-11-21(3)31(25)40-32-26(10-6-15-35-32)29-13-16-36-33(38-29)37-23-8-5-14-34-19-23/h4,6-7,9-13,15-16,20,23,27-28,34H,5,8,14,17-19H2,1-3H3,(H,36,37,38)/t23-,27?,28?/m0/s1. The van der Waals surface area contributed by atoms with Gasteiger partial charge in [0.05, 0.1) is 11.3 Å². The first-order valence-corrected chi connectivity index (χ1v) is 14.5. The van der Waals surface area contributed by atoms with Gasteiger partial charge in [-0.15, -0.1) is 0 Å². The van der Waals surface area contributed by atoms with Gasteiger partial charge in [0.15, 0.2) is 0 Å². The molecule has 4 aromatic rings. The molecule has 2 unspecified atom stereocenters. The molecule has 206 valence electrons. The maximum absolute atomic E-state index is 13.1. The largest absolute Gasteiger partial charge is 0.437 e. The van der Waals surface area contributed by atoms with Gasteiger partial charge in [0.25, 0.3) is 0 Å². The van der Waals surface area contributed by atoms with Crippen molar-refractivity contribution >= 4 is 22.5 Å². The maximum atomic E-state index is 13.1. The number of rotatable bonds is 9. The van der Waals surface area contributed by atoms with Crippen LogP contribution < -0.4 is 15.4 Å². The van der Waals surface area contributed by atoms with Gasteiger partial charge in [-0.1, -0.05) is 44.2 Å². The molecule has 2 fully saturated rings. The number of anilines is 1. The molecule has 0 amide bonds. The number of Topliss-reactive ketones (excluding diaryl/α,β-unsaturated/α-hetero) is 1. The second-order valence-corrected chi connectivity index (χ2v) is 11.5. The van der Waals surface area contributed by atoms with Gasteiger partial charge in [0, 0.05) is 42.7 Å². The molecule has 1 saturated carbocycles. The summed E-state index contributed by atoms with van der Waals surface area (Å²) in [6.07, 6.45) is 7.21. The van der Waals surface area contributed by atoms with E-state index in [1.54, 1.807) is 12.4 Å². The molecule has 0 bridgehead atoms. The molecule has 7 nitrogen and oxygen atoms in total. The molecular weight excluding hydrogens is 498 g/mol. The van der Waals surface area contributed by atoms with Gasteiger partial charge in [-0.3, -0.25) is 4.79 Å². The van der Waals surface area contributed by atoms with Crippen molar-refractivity contribution < 1.29 is 9.53 Å². The Morgan fingerprint density at radius 1 is 1.07 bits per heavy atom. The predicted octanol–water partition coefficient (Wildman–Crippen LogP) is 6.36. The highest BCUT2D eigenvalue weighted by Crippen LogP contribution is 2.45. The Kier molecular flexibility index (Phi) is 7.48. The van der Waals surface area contributed by atoms with Crippen LogP contribution in [0.3, 0.4) is 0 Å². The minimum absolute atomic E-state index is 0.203. The van der Waals surface area contributed by atoms with Crippen LogP contribution in [0.15, 0.2) is 60.9 Å². The minimum Gasteiger partial charge on any atom is -0.437 e. The monoisotopic (exact) mass is 535 g/mol. The summed E-state index contributed by atoms with van der Waals surface area (Å²) in [6.45, 7) is 8.42. The lowest BCUT2D eigenvalue weighted by molar-refractivity contribution is -0.120. The Morgan fingerprint density at radius 2 is 1.98 bits per heavy atom. The van der Waals surface area contributed by atoms with E-state index in [1.165, 1.54) is 0 Å². The smallest absolute Gasteiger partial charge is 0.228 e. The molecule has 3 heterocycles. The molecule has 2 aromatic heterocycles. The van der Waals surface area contributed by atoms with Gasteiger partial charge in [0.2, 0.25) is 11.8 Å². The van der Waals surface area contributed by atoms with Crippen molar-refractivity contribution in [3.63, 3.8) is 0 Å². The topological polar surface area (TPSA) is 89.0 Å². The fourth-order valence-electron chi connectivity index (χ4n) is 5.93. The Morgan fingerprint density at radius 3 is 2.77 bits per heavy atom. The molecule has 2 aliphatic rings. The van der Waals surface area contributed by atoms with E-state index in [0.717, 1.165) is 71.3 Å². The SMILES string of the molecule is Cc1ccc2c(CC(=O)C3CC3C(C)C)cccc2c1Oc1ncccc1-c1ccnc(N[C@H]2CCCNC2)n1. The quantitative estimate of drug-likeness (QED) is 0.258. The number of carbonyl (C=O) groups is 1. The van der Waals surface area contributed by atoms with Crippen LogP contribution in [-0.2, 0) is 11.2 Å². The van der Waals surface area contributed by atoms with Gasteiger partial charge in [-0.2, -0.15) is 0 Å². The third-order valence-electron chi connectivity index (χ3n) is 8.31. The number of aryl methyl sites for hydroxylation is 1. The number of fused-ring (bicyclic) bond motifs is 1. The van der Waals surface area contributed by atoms with E-state index < -0.39 is 0 Å². The fraction of sp³-hybridized carbons (Fsp3) is 0.394. The Labute approximate surface area is 235 Å². The summed E-state index contributed by atoms with van der Waals surface area (Å²) >= 11 is 0. The van der Waals surface area contributed by atoms with Crippen LogP contribution in [0.1, 0.15) is 44.2 Å². The molecule has 1 aliphatic carbocycles. The fourth-order valence-corrected chi connectivity index (χ4v) is 5.93. The zero-order chi connectivity index (χ0) is 27.6. The number of pyridine rings is 1. The molecule has 2 N–H and O–H groups in total. The first kappa shape index (κ1) is 26.4. The van der Waals surface area contributed by atoms with E-state index in [2.05, 4.69) is 58.7 Å². The lowest BCUT2D eigenvalue weighted by Gasteiger charge is -2.23. The molecular formula is C33H37N5O2. The normalized spacial score (nSPS) is 20.4. The third-order valence-corrected chi connectivity index (χ3v) is 8.31. The second-order valence-electron chi connectivity index (χ2n) is 11.5. The zero-order valence-electron chi connectivity index (χ0n) is 23.5. The summed E-state index contributed by atoms with van der Waals surface area (Å²) in [6, 6.07) is 16.4. The molecule has 3 atom stereocenters. The average molecular weight is 536 g/mol. The number of hydrogen-bond donors (Lipinski definition) is 2. The molecule has 1 saturated heterocycles. The van der Waals surface area contributed by atoms with Gasteiger partial charge >= 0.3 is 0 Å². The van der Waals surface area contributed by atoms with Gasteiger partial charge < -0.3 is 15.4 Å². The Balaban J connectivity index is 1.29. The predicted molar refractivity (Wildman–Crippen MR) is 159 cm³/mol. The van der Waals surface area contributed by atoms with Crippen molar-refractivity contribution in [1.29, 1.82) is 0 Å². The number of ether oxygens (including phenoxy) is 1. The highest BCUT2D eigenvalue weighted by molar-refractivity contribution is 5.96. The van der Waals surface area contributed by atoms with Crippen LogP contribution in [0.2, 0.25) is 0 Å². The summed E-state index contributed by atoms with van der Waals surface area (Å²) in [5.41, 5.74) is 3.60. The lowest BCUT2D eigenvalue weighted by Crippen LogP contribution is -2.38. The first-order chi connectivity index (χ1) is 19.5. The second kappa shape index (κ2) is 11.3. The summed E-state index contributed by atoms with van der Waals surface area (Å²) in [5, 5.41) is 8.91. The van der Waals surface area contributed by atoms with Crippen molar-refractivity contribution in [3.05, 3.63) is 72.1 Å². The lowest BCUT2D eigenvalue weighted by atomic mass is 9.96. The van der Waals surface area contributed by atoms with Crippen LogP contribution in [0.5, 0.6) is 11.6 Å². The molecule has 7 heteroatoms. The number of carbonyl (C=O) groups excluding carboxylic acids is 1. The molecule has 6 rings (SSSR count). The number of hydrogen-bond acceptors (Lipinski definition) is 7. The summed E-state index contributed by atoms with van der Waals surface area (Å²) < 4.78 is 6.58. The van der Waals surface area contributed by atoms with E-state index in [-0.39, 0.29) is 5.92 Å². The number of aromatic nitrogens is 3. The van der Waals surface area contributed by atoms with Crippen molar-refractivity contribution in [1.82, 2.24) is 20.3 Å². The average Bonchev–Trinajstić information content (AvgIpc) is 3.78. The van der Waals surface area contributed by atoms with Crippen molar-refractivity contribution in [2.45, 2.75) is 52.5 Å². The van der Waals surface area contributed by atoms with Gasteiger partial charge in [-0.25, -0.2) is 15.0 Å². The van der Waals surface area contributed by atoms with E-state index in [4.69, 9.17) is 9.72 Å².